The van der Waals surface area contributed by atoms with Crippen LogP contribution in [0.4, 0.5) is 14.5 Å². The van der Waals surface area contributed by atoms with Gasteiger partial charge in [0.25, 0.3) is 5.91 Å². The molecule has 0 radical (unpaired) electrons. The summed E-state index contributed by atoms with van der Waals surface area (Å²) in [6.45, 7) is 1.73. The molecule has 5 heteroatoms. The maximum absolute atomic E-state index is 13.7. The minimum atomic E-state index is -1.04. The molecule has 104 valence electrons. The number of benzene rings is 2. The average Bonchev–Trinajstić information content (AvgIpc) is 2.44. The normalized spacial score (nSPS) is 11.9. The van der Waals surface area contributed by atoms with Crippen molar-refractivity contribution in [1.82, 2.24) is 5.32 Å². The van der Waals surface area contributed by atoms with Crippen molar-refractivity contribution in [3.05, 3.63) is 65.2 Å². The van der Waals surface area contributed by atoms with Crippen LogP contribution in [0.1, 0.15) is 28.9 Å². The number of nitrogens with two attached hydrogens (primary N) is 1. The van der Waals surface area contributed by atoms with Gasteiger partial charge in [-0.1, -0.05) is 30.3 Å². The summed E-state index contributed by atoms with van der Waals surface area (Å²) in [6.07, 6.45) is 0. The molecule has 20 heavy (non-hydrogen) atoms. The summed E-state index contributed by atoms with van der Waals surface area (Å²) in [5, 5.41) is 2.55. The van der Waals surface area contributed by atoms with Crippen LogP contribution in [0.3, 0.4) is 0 Å². The predicted octanol–water partition coefficient (Wildman–Crippen LogP) is 3.04. The van der Waals surface area contributed by atoms with Gasteiger partial charge in [0.1, 0.15) is 11.4 Å². The second-order valence-electron chi connectivity index (χ2n) is 4.43. The second kappa shape index (κ2) is 5.69. The molecule has 0 aromatic heterocycles. The van der Waals surface area contributed by atoms with E-state index in [-0.39, 0.29) is 11.7 Å². The lowest BCUT2D eigenvalue weighted by molar-refractivity contribution is 0.0931. The molecule has 0 aliphatic heterocycles. The van der Waals surface area contributed by atoms with Gasteiger partial charge >= 0.3 is 0 Å². The molecule has 0 saturated carbocycles. The number of carbonyl (C=O) groups excluding carboxylic acids is 1. The Labute approximate surface area is 115 Å². The molecule has 2 aromatic rings. The van der Waals surface area contributed by atoms with Gasteiger partial charge in [-0.15, -0.1) is 0 Å². The van der Waals surface area contributed by atoms with Gasteiger partial charge in [-0.3, -0.25) is 4.79 Å². The lowest BCUT2D eigenvalue weighted by Crippen LogP contribution is -2.28. The summed E-state index contributed by atoms with van der Waals surface area (Å²) in [5.41, 5.74) is 5.27. The van der Waals surface area contributed by atoms with Crippen LogP contribution in [-0.2, 0) is 0 Å². The van der Waals surface area contributed by atoms with E-state index in [9.17, 15) is 13.6 Å². The molecule has 0 fully saturated rings. The minimum absolute atomic E-state index is 0.260. The van der Waals surface area contributed by atoms with Crippen LogP contribution in [-0.4, -0.2) is 5.91 Å². The molecule has 2 aromatic carbocycles. The number of nitrogen functional groups attached to an aromatic ring is 1. The highest BCUT2D eigenvalue weighted by Gasteiger charge is 2.21. The van der Waals surface area contributed by atoms with E-state index in [1.165, 1.54) is 0 Å². The highest BCUT2D eigenvalue weighted by atomic mass is 19.1. The van der Waals surface area contributed by atoms with Crippen LogP contribution in [0.5, 0.6) is 0 Å². The van der Waals surface area contributed by atoms with Gasteiger partial charge in [0.05, 0.1) is 11.7 Å². The van der Waals surface area contributed by atoms with E-state index in [0.29, 0.717) is 0 Å². The van der Waals surface area contributed by atoms with Crippen molar-refractivity contribution < 1.29 is 13.6 Å². The van der Waals surface area contributed by atoms with Crippen LogP contribution in [0.2, 0.25) is 0 Å². The van der Waals surface area contributed by atoms with Gasteiger partial charge < -0.3 is 11.1 Å². The summed E-state index contributed by atoms with van der Waals surface area (Å²) >= 11 is 0. The maximum atomic E-state index is 13.7. The Morgan fingerprint density at radius 3 is 2.45 bits per heavy atom. The smallest absolute Gasteiger partial charge is 0.257 e. The van der Waals surface area contributed by atoms with Crippen molar-refractivity contribution in [3.8, 4) is 0 Å². The number of carbonyl (C=O) groups is 1. The molecule has 3 nitrogen and oxygen atoms in total. The molecular formula is C15H14F2N2O. The van der Waals surface area contributed by atoms with Crippen molar-refractivity contribution in [2.24, 2.45) is 0 Å². The summed E-state index contributed by atoms with van der Waals surface area (Å²) in [6, 6.07) is 10.8. The molecule has 0 spiro atoms. The third-order valence-electron chi connectivity index (χ3n) is 3.00. The Morgan fingerprint density at radius 1 is 1.15 bits per heavy atom. The zero-order valence-corrected chi connectivity index (χ0v) is 10.9. The average molecular weight is 276 g/mol. The van der Waals surface area contributed by atoms with Gasteiger partial charge in [-0.05, 0) is 24.6 Å². The quantitative estimate of drug-likeness (QED) is 0.847. The molecule has 3 N–H and O–H groups in total. The van der Waals surface area contributed by atoms with Crippen molar-refractivity contribution in [3.63, 3.8) is 0 Å². The Hall–Kier alpha value is -2.43. The second-order valence-corrected chi connectivity index (χ2v) is 4.43. The van der Waals surface area contributed by atoms with Gasteiger partial charge in [0.2, 0.25) is 0 Å². The Bertz CT molecular complexity index is 629. The van der Waals surface area contributed by atoms with E-state index >= 15 is 0 Å². The molecule has 0 aliphatic carbocycles. The molecule has 1 atom stereocenters. The van der Waals surface area contributed by atoms with Gasteiger partial charge in [0, 0.05) is 0 Å². The van der Waals surface area contributed by atoms with Crippen LogP contribution < -0.4 is 11.1 Å². The number of hydrogen-bond acceptors (Lipinski definition) is 2. The van der Waals surface area contributed by atoms with E-state index in [2.05, 4.69) is 5.32 Å². The fourth-order valence-electron chi connectivity index (χ4n) is 1.87. The van der Waals surface area contributed by atoms with Crippen molar-refractivity contribution in [2.45, 2.75) is 13.0 Å². The fraction of sp³-hybridized carbons (Fsp3) is 0.133. The highest BCUT2D eigenvalue weighted by molar-refractivity contribution is 5.95. The molecule has 0 bridgehead atoms. The molecular weight excluding hydrogens is 262 g/mol. The topological polar surface area (TPSA) is 55.1 Å². The van der Waals surface area contributed by atoms with Crippen LogP contribution in [0, 0.1) is 11.6 Å². The van der Waals surface area contributed by atoms with Crippen LogP contribution >= 0.6 is 0 Å². The van der Waals surface area contributed by atoms with Gasteiger partial charge in [-0.2, -0.15) is 0 Å². The monoisotopic (exact) mass is 276 g/mol. The number of rotatable bonds is 3. The standard InChI is InChI=1S/C15H14F2N2O/c1-9(10-5-3-2-4-6-10)19-15(20)13-11(16)7-8-12(18)14(13)17/h2-9H,18H2,1H3,(H,19,20)/t9-/m1/s1. The number of amides is 1. The highest BCUT2D eigenvalue weighted by Crippen LogP contribution is 2.20. The fourth-order valence-corrected chi connectivity index (χ4v) is 1.87. The zero-order valence-electron chi connectivity index (χ0n) is 10.9. The molecule has 0 saturated heterocycles. The molecule has 1 amide bonds. The first-order valence-electron chi connectivity index (χ1n) is 6.10. The lowest BCUT2D eigenvalue weighted by Gasteiger charge is -2.15. The van der Waals surface area contributed by atoms with E-state index in [1.54, 1.807) is 6.92 Å². The van der Waals surface area contributed by atoms with Crippen LogP contribution in [0.25, 0.3) is 0 Å². The first-order chi connectivity index (χ1) is 9.50. The Balaban J connectivity index is 2.23. The van der Waals surface area contributed by atoms with Crippen molar-refractivity contribution >= 4 is 11.6 Å². The molecule has 0 heterocycles. The molecule has 0 unspecified atom stereocenters. The minimum Gasteiger partial charge on any atom is -0.396 e. The summed E-state index contributed by atoms with van der Waals surface area (Å²) in [7, 11) is 0. The Kier molecular flexibility index (Phi) is 3.98. The summed E-state index contributed by atoms with van der Waals surface area (Å²) in [5.74, 6) is -2.80. The third kappa shape index (κ3) is 2.77. The maximum Gasteiger partial charge on any atom is 0.257 e. The molecule has 2 rings (SSSR count). The van der Waals surface area contributed by atoms with Crippen molar-refractivity contribution in [1.29, 1.82) is 0 Å². The third-order valence-corrected chi connectivity index (χ3v) is 3.00. The van der Waals surface area contributed by atoms with E-state index in [4.69, 9.17) is 5.73 Å². The molecule has 0 aliphatic rings. The first kappa shape index (κ1) is 14.0. The number of halogens is 2. The summed E-state index contributed by atoms with van der Waals surface area (Å²) < 4.78 is 27.3. The zero-order chi connectivity index (χ0) is 14.7. The van der Waals surface area contributed by atoms with E-state index in [0.717, 1.165) is 17.7 Å². The number of hydrogen-bond donors (Lipinski definition) is 2. The van der Waals surface area contributed by atoms with Crippen LogP contribution in [0.15, 0.2) is 42.5 Å². The lowest BCUT2D eigenvalue weighted by atomic mass is 10.1. The summed E-state index contributed by atoms with van der Waals surface area (Å²) in [4.78, 5) is 12.0. The van der Waals surface area contributed by atoms with Gasteiger partial charge in [-0.25, -0.2) is 8.78 Å². The van der Waals surface area contributed by atoms with E-state index < -0.39 is 23.1 Å². The predicted molar refractivity (Wildman–Crippen MR) is 73.1 cm³/mol. The SMILES string of the molecule is C[C@@H](NC(=O)c1c(F)ccc(N)c1F)c1ccccc1. The Morgan fingerprint density at radius 2 is 1.80 bits per heavy atom. The van der Waals surface area contributed by atoms with Gasteiger partial charge in [0.15, 0.2) is 5.82 Å². The number of nitrogens with one attached hydrogen (secondary N) is 1. The van der Waals surface area contributed by atoms with Crippen molar-refractivity contribution in [2.75, 3.05) is 5.73 Å². The number of anilines is 1. The first-order valence-corrected chi connectivity index (χ1v) is 6.10. The van der Waals surface area contributed by atoms with E-state index in [1.807, 2.05) is 30.3 Å². The largest absolute Gasteiger partial charge is 0.396 e.